The summed E-state index contributed by atoms with van der Waals surface area (Å²) >= 11 is 0. The molecule has 1 aromatic rings. The molecule has 3 aliphatic rings. The van der Waals surface area contributed by atoms with Crippen LogP contribution < -0.4 is 0 Å². The van der Waals surface area contributed by atoms with Crippen LogP contribution in [-0.4, -0.2) is 59.9 Å². The van der Waals surface area contributed by atoms with Crippen LogP contribution in [0.25, 0.3) is 0 Å². The van der Waals surface area contributed by atoms with Crippen LogP contribution in [0.1, 0.15) is 37.8 Å². The van der Waals surface area contributed by atoms with Gasteiger partial charge in [0.05, 0.1) is 18.4 Å². The second-order valence-electron chi connectivity index (χ2n) is 7.42. The maximum atomic E-state index is 6.12. The third-order valence-electron chi connectivity index (χ3n) is 5.91. The Morgan fingerprint density at radius 2 is 2.00 bits per heavy atom. The molecule has 1 spiro atoms. The molecule has 3 fully saturated rings. The van der Waals surface area contributed by atoms with Gasteiger partial charge in [-0.1, -0.05) is 0 Å². The van der Waals surface area contributed by atoms with Gasteiger partial charge in [0.15, 0.2) is 0 Å². The Kier molecular flexibility index (Phi) is 4.60. The highest BCUT2D eigenvalue weighted by atomic mass is 16.5. The standard InChI is InChI=1S/C18H27N3O2/c1-9-22-10-2-16(1)21-7-3-18(4-8-21)12-17(23-14-18)11-15-13-19-5-6-20-15/h5-6,13,16-17H,1-4,7-12,14H2/t17-/m1/s1. The van der Waals surface area contributed by atoms with E-state index < -0.39 is 0 Å². The topological polar surface area (TPSA) is 47.5 Å². The van der Waals surface area contributed by atoms with Crippen LogP contribution in [0.15, 0.2) is 18.6 Å². The molecule has 0 bridgehead atoms. The van der Waals surface area contributed by atoms with Gasteiger partial charge in [-0.2, -0.15) is 0 Å². The third-order valence-corrected chi connectivity index (χ3v) is 5.91. The molecule has 0 aromatic carbocycles. The second kappa shape index (κ2) is 6.83. The van der Waals surface area contributed by atoms with E-state index in [0.29, 0.717) is 11.5 Å². The summed E-state index contributed by atoms with van der Waals surface area (Å²) < 4.78 is 11.6. The summed E-state index contributed by atoms with van der Waals surface area (Å²) in [5, 5.41) is 0. The molecular formula is C18H27N3O2. The minimum Gasteiger partial charge on any atom is -0.381 e. The van der Waals surface area contributed by atoms with Gasteiger partial charge in [-0.25, -0.2) is 0 Å². The number of piperidine rings is 1. The lowest BCUT2D eigenvalue weighted by Gasteiger charge is -2.43. The first-order valence-corrected chi connectivity index (χ1v) is 9.01. The Hall–Kier alpha value is -1.04. The molecule has 0 aliphatic carbocycles. The number of rotatable bonds is 3. The maximum Gasteiger partial charge on any atom is 0.0637 e. The first kappa shape index (κ1) is 15.5. The highest BCUT2D eigenvalue weighted by Gasteiger charge is 2.43. The molecule has 5 nitrogen and oxygen atoms in total. The maximum absolute atomic E-state index is 6.12. The van der Waals surface area contributed by atoms with Gasteiger partial charge in [-0.15, -0.1) is 0 Å². The van der Waals surface area contributed by atoms with Crippen molar-refractivity contribution in [3.05, 3.63) is 24.3 Å². The lowest BCUT2D eigenvalue weighted by Crippen LogP contribution is -2.47. The normalized spacial score (nSPS) is 29.1. The number of nitrogens with zero attached hydrogens (tertiary/aromatic N) is 3. The minimum absolute atomic E-state index is 0.321. The molecule has 1 atom stereocenters. The van der Waals surface area contributed by atoms with Crippen molar-refractivity contribution in [1.29, 1.82) is 0 Å². The number of hydrogen-bond acceptors (Lipinski definition) is 5. The van der Waals surface area contributed by atoms with Crippen LogP contribution in [0.3, 0.4) is 0 Å². The molecule has 5 heteroatoms. The summed E-state index contributed by atoms with van der Waals surface area (Å²) in [4.78, 5) is 11.2. The SMILES string of the molecule is c1cnc(C[C@@H]2CC3(CCN(C4CCOCC4)CC3)CO2)cn1. The van der Waals surface area contributed by atoms with E-state index in [2.05, 4.69) is 14.9 Å². The summed E-state index contributed by atoms with van der Waals surface area (Å²) in [6.45, 7) is 5.27. The summed E-state index contributed by atoms with van der Waals surface area (Å²) in [5.74, 6) is 0. The van der Waals surface area contributed by atoms with E-state index >= 15 is 0 Å². The first-order valence-electron chi connectivity index (χ1n) is 9.01. The number of hydrogen-bond donors (Lipinski definition) is 0. The van der Waals surface area contributed by atoms with Gasteiger partial charge in [-0.3, -0.25) is 9.97 Å². The zero-order valence-corrected chi connectivity index (χ0v) is 13.8. The predicted molar refractivity (Wildman–Crippen MR) is 87.2 cm³/mol. The quantitative estimate of drug-likeness (QED) is 0.854. The van der Waals surface area contributed by atoms with Crippen molar-refractivity contribution in [2.24, 2.45) is 5.41 Å². The molecule has 1 aromatic heterocycles. The zero-order chi connectivity index (χ0) is 15.5. The molecule has 126 valence electrons. The number of ether oxygens (including phenoxy) is 2. The van der Waals surface area contributed by atoms with Gasteiger partial charge in [0.2, 0.25) is 0 Å². The van der Waals surface area contributed by atoms with Gasteiger partial charge in [0.25, 0.3) is 0 Å². The lowest BCUT2D eigenvalue weighted by atomic mass is 9.76. The Morgan fingerprint density at radius 3 is 2.74 bits per heavy atom. The van der Waals surface area contributed by atoms with Crippen LogP contribution in [0.2, 0.25) is 0 Å². The van der Waals surface area contributed by atoms with Crippen molar-refractivity contribution < 1.29 is 9.47 Å². The summed E-state index contributed by atoms with van der Waals surface area (Å²) in [6.07, 6.45) is 12.7. The molecule has 0 amide bonds. The van der Waals surface area contributed by atoms with Gasteiger partial charge >= 0.3 is 0 Å². The third kappa shape index (κ3) is 3.57. The highest BCUT2D eigenvalue weighted by molar-refractivity contribution is 5.01. The Morgan fingerprint density at radius 1 is 1.17 bits per heavy atom. The molecule has 0 radical (unpaired) electrons. The van der Waals surface area contributed by atoms with E-state index in [4.69, 9.17) is 9.47 Å². The van der Waals surface area contributed by atoms with E-state index in [1.165, 1.54) is 45.2 Å². The lowest BCUT2D eigenvalue weighted by molar-refractivity contribution is 0.00222. The van der Waals surface area contributed by atoms with Gasteiger partial charge in [0.1, 0.15) is 0 Å². The zero-order valence-electron chi connectivity index (χ0n) is 13.8. The number of aromatic nitrogens is 2. The van der Waals surface area contributed by atoms with Crippen LogP contribution in [0.5, 0.6) is 0 Å². The van der Waals surface area contributed by atoms with Crippen LogP contribution in [-0.2, 0) is 15.9 Å². The van der Waals surface area contributed by atoms with Crippen molar-refractivity contribution in [2.45, 2.75) is 50.7 Å². The van der Waals surface area contributed by atoms with Crippen molar-refractivity contribution in [2.75, 3.05) is 32.9 Å². The molecule has 4 rings (SSSR count). The Bertz CT molecular complexity index is 496. The highest BCUT2D eigenvalue weighted by Crippen LogP contribution is 2.43. The molecule has 23 heavy (non-hydrogen) atoms. The molecule has 4 heterocycles. The second-order valence-corrected chi connectivity index (χ2v) is 7.42. The molecule has 0 N–H and O–H groups in total. The van der Waals surface area contributed by atoms with Gasteiger partial charge in [-0.05, 0) is 50.6 Å². The molecule has 3 saturated heterocycles. The number of likely N-dealkylation sites (tertiary alicyclic amines) is 1. The van der Waals surface area contributed by atoms with E-state index in [9.17, 15) is 0 Å². The van der Waals surface area contributed by atoms with Gasteiger partial charge < -0.3 is 14.4 Å². The first-order chi connectivity index (χ1) is 11.3. The van der Waals surface area contributed by atoms with Crippen molar-refractivity contribution >= 4 is 0 Å². The summed E-state index contributed by atoms with van der Waals surface area (Å²) in [7, 11) is 0. The van der Waals surface area contributed by atoms with Crippen molar-refractivity contribution in [3.63, 3.8) is 0 Å². The van der Waals surface area contributed by atoms with Crippen LogP contribution >= 0.6 is 0 Å². The predicted octanol–water partition coefficient (Wildman–Crippen LogP) is 2.07. The molecular weight excluding hydrogens is 290 g/mol. The smallest absolute Gasteiger partial charge is 0.0637 e. The molecule has 0 saturated carbocycles. The van der Waals surface area contributed by atoms with Crippen LogP contribution in [0, 0.1) is 5.41 Å². The largest absolute Gasteiger partial charge is 0.381 e. The van der Waals surface area contributed by atoms with E-state index in [1.807, 2.05) is 6.20 Å². The van der Waals surface area contributed by atoms with E-state index in [0.717, 1.165) is 38.0 Å². The fourth-order valence-electron chi connectivity index (χ4n) is 4.46. The van der Waals surface area contributed by atoms with Crippen molar-refractivity contribution in [1.82, 2.24) is 14.9 Å². The Labute approximate surface area is 138 Å². The van der Waals surface area contributed by atoms with Crippen LogP contribution in [0.4, 0.5) is 0 Å². The van der Waals surface area contributed by atoms with Gasteiger partial charge in [0, 0.05) is 44.3 Å². The summed E-state index contributed by atoms with van der Waals surface area (Å²) in [6, 6.07) is 0.749. The fourth-order valence-corrected chi connectivity index (χ4v) is 4.46. The average Bonchev–Trinajstić information content (AvgIpc) is 2.99. The monoisotopic (exact) mass is 317 g/mol. The molecule has 3 aliphatic heterocycles. The summed E-state index contributed by atoms with van der Waals surface area (Å²) in [5.41, 5.74) is 1.46. The van der Waals surface area contributed by atoms with E-state index in [1.54, 1.807) is 12.4 Å². The molecule has 0 unspecified atom stereocenters. The van der Waals surface area contributed by atoms with Crippen molar-refractivity contribution in [3.8, 4) is 0 Å². The fraction of sp³-hybridized carbons (Fsp3) is 0.778. The minimum atomic E-state index is 0.321. The Balaban J connectivity index is 1.29. The average molecular weight is 317 g/mol. The van der Waals surface area contributed by atoms with E-state index in [-0.39, 0.29) is 0 Å².